The van der Waals surface area contributed by atoms with Crippen LogP contribution >= 0.6 is 11.6 Å². The Labute approximate surface area is 178 Å². The van der Waals surface area contributed by atoms with Gasteiger partial charge in [0, 0.05) is 23.0 Å². The van der Waals surface area contributed by atoms with Gasteiger partial charge in [-0.25, -0.2) is 0 Å². The average Bonchev–Trinajstić information content (AvgIpc) is 2.99. The summed E-state index contributed by atoms with van der Waals surface area (Å²) in [5.74, 6) is -0.174. The van der Waals surface area contributed by atoms with E-state index in [1.54, 1.807) is 74.0 Å². The molecule has 0 saturated heterocycles. The van der Waals surface area contributed by atoms with Crippen LogP contribution in [0.15, 0.2) is 78.6 Å². The molecule has 0 unspecified atom stereocenters. The van der Waals surface area contributed by atoms with E-state index < -0.39 is 11.8 Å². The second-order valence-electron chi connectivity index (χ2n) is 6.63. The van der Waals surface area contributed by atoms with Crippen LogP contribution < -0.4 is 10.1 Å². The third-order valence-corrected chi connectivity index (χ3v) is 4.94. The van der Waals surface area contributed by atoms with Crippen LogP contribution in [0.3, 0.4) is 0 Å². The first kappa shape index (κ1) is 19.7. The molecule has 0 fully saturated rings. The van der Waals surface area contributed by atoms with Crippen LogP contribution in [0.25, 0.3) is 5.57 Å². The number of benzene rings is 2. The fourth-order valence-corrected chi connectivity index (χ4v) is 3.34. The molecule has 0 atom stereocenters. The van der Waals surface area contributed by atoms with Crippen molar-refractivity contribution < 1.29 is 14.3 Å². The number of ether oxygens (including phenoxy) is 1. The first-order chi connectivity index (χ1) is 14.6. The Kier molecular flexibility index (Phi) is 5.50. The number of anilines is 1. The van der Waals surface area contributed by atoms with Crippen molar-refractivity contribution in [2.24, 2.45) is 0 Å². The van der Waals surface area contributed by atoms with Crippen molar-refractivity contribution in [3.63, 3.8) is 0 Å². The molecule has 2 heterocycles. The van der Waals surface area contributed by atoms with Crippen molar-refractivity contribution in [2.45, 2.75) is 6.54 Å². The van der Waals surface area contributed by atoms with Gasteiger partial charge in [-0.2, -0.15) is 0 Å². The lowest BCUT2D eigenvalue weighted by Gasteiger charge is -2.15. The fraction of sp³-hybridized carbons (Fsp3) is 0.0870. The zero-order valence-corrected chi connectivity index (χ0v) is 16.9. The number of carbonyl (C=O) groups is 2. The molecule has 1 aliphatic rings. The molecule has 6 nitrogen and oxygen atoms in total. The molecule has 1 aromatic heterocycles. The topological polar surface area (TPSA) is 71.5 Å². The Bertz CT molecular complexity index is 1130. The van der Waals surface area contributed by atoms with Crippen molar-refractivity contribution in [3.05, 3.63) is 94.9 Å². The summed E-state index contributed by atoms with van der Waals surface area (Å²) < 4.78 is 5.25. The van der Waals surface area contributed by atoms with Gasteiger partial charge in [-0.3, -0.25) is 19.5 Å². The van der Waals surface area contributed by atoms with E-state index >= 15 is 0 Å². The van der Waals surface area contributed by atoms with E-state index in [0.29, 0.717) is 27.7 Å². The Balaban J connectivity index is 1.74. The summed E-state index contributed by atoms with van der Waals surface area (Å²) in [6.07, 6.45) is 1.63. The smallest absolute Gasteiger partial charge is 0.278 e. The number of halogens is 1. The third kappa shape index (κ3) is 3.90. The van der Waals surface area contributed by atoms with Crippen LogP contribution in [0.2, 0.25) is 5.02 Å². The highest BCUT2D eigenvalue weighted by atomic mass is 35.5. The maximum atomic E-state index is 13.3. The van der Waals surface area contributed by atoms with Gasteiger partial charge in [0.1, 0.15) is 11.4 Å². The van der Waals surface area contributed by atoms with E-state index in [0.717, 1.165) is 0 Å². The van der Waals surface area contributed by atoms with Crippen molar-refractivity contribution >= 4 is 34.7 Å². The number of aromatic nitrogens is 1. The molecular formula is C23H18ClN3O3. The summed E-state index contributed by atoms with van der Waals surface area (Å²) in [7, 11) is 1.57. The van der Waals surface area contributed by atoms with Crippen molar-refractivity contribution in [1.29, 1.82) is 0 Å². The number of pyridine rings is 1. The summed E-state index contributed by atoms with van der Waals surface area (Å²) in [5.41, 5.74) is 2.35. The number of amides is 2. The van der Waals surface area contributed by atoms with Gasteiger partial charge >= 0.3 is 0 Å². The molecule has 0 bridgehead atoms. The van der Waals surface area contributed by atoms with E-state index in [2.05, 4.69) is 10.3 Å². The lowest BCUT2D eigenvalue weighted by molar-refractivity contribution is -0.137. The second-order valence-corrected chi connectivity index (χ2v) is 7.07. The SMILES string of the molecule is COc1cccc(NC2=C(c3ccc(Cl)cc3)C(=O)N(Cc3ccccn3)C2=O)c1. The predicted octanol–water partition coefficient (Wildman–Crippen LogP) is 4.14. The minimum absolute atomic E-state index is 0.0822. The van der Waals surface area contributed by atoms with E-state index in [1.807, 2.05) is 6.07 Å². The highest BCUT2D eigenvalue weighted by molar-refractivity contribution is 6.36. The number of hydrogen-bond acceptors (Lipinski definition) is 5. The summed E-state index contributed by atoms with van der Waals surface area (Å²) in [4.78, 5) is 31.9. The first-order valence-corrected chi connectivity index (χ1v) is 9.62. The Morgan fingerprint density at radius 3 is 2.50 bits per heavy atom. The lowest BCUT2D eigenvalue weighted by Crippen LogP contribution is -2.32. The van der Waals surface area contributed by atoms with Gasteiger partial charge in [-0.05, 0) is 42.0 Å². The van der Waals surface area contributed by atoms with E-state index in [4.69, 9.17) is 16.3 Å². The summed E-state index contributed by atoms with van der Waals surface area (Å²) in [6, 6.07) is 19.3. The number of imide groups is 1. The second kappa shape index (κ2) is 8.39. The zero-order chi connectivity index (χ0) is 21.1. The summed E-state index contributed by atoms with van der Waals surface area (Å²) in [6.45, 7) is 0.0822. The average molecular weight is 420 g/mol. The highest BCUT2D eigenvalue weighted by Crippen LogP contribution is 2.32. The number of carbonyl (C=O) groups excluding carboxylic acids is 2. The van der Waals surface area contributed by atoms with Crippen LogP contribution in [-0.2, 0) is 16.1 Å². The number of hydrogen-bond donors (Lipinski definition) is 1. The molecule has 3 aromatic rings. The van der Waals surface area contributed by atoms with Gasteiger partial charge in [-0.1, -0.05) is 35.9 Å². The van der Waals surface area contributed by atoms with Crippen LogP contribution in [0.5, 0.6) is 5.75 Å². The number of rotatable bonds is 6. The Hall–Kier alpha value is -3.64. The minimum Gasteiger partial charge on any atom is -0.497 e. The zero-order valence-electron chi connectivity index (χ0n) is 16.1. The maximum absolute atomic E-state index is 13.3. The molecule has 150 valence electrons. The molecule has 0 saturated carbocycles. The molecule has 0 aliphatic carbocycles. The van der Waals surface area contributed by atoms with Crippen LogP contribution in [0.1, 0.15) is 11.3 Å². The van der Waals surface area contributed by atoms with Crippen LogP contribution in [-0.4, -0.2) is 28.8 Å². The quantitative estimate of drug-likeness (QED) is 0.608. The predicted molar refractivity (Wildman–Crippen MR) is 115 cm³/mol. The molecule has 0 radical (unpaired) electrons. The highest BCUT2D eigenvalue weighted by Gasteiger charge is 2.39. The number of nitrogens with zero attached hydrogens (tertiary/aromatic N) is 2. The normalized spacial score (nSPS) is 13.7. The molecule has 2 aromatic carbocycles. The molecule has 1 aliphatic heterocycles. The van der Waals surface area contributed by atoms with Crippen molar-refractivity contribution in [3.8, 4) is 5.75 Å². The van der Waals surface area contributed by atoms with Crippen molar-refractivity contribution in [1.82, 2.24) is 9.88 Å². The summed E-state index contributed by atoms with van der Waals surface area (Å²) >= 11 is 6.00. The standard InChI is InChI=1S/C23H18ClN3O3/c1-30-19-7-4-6-17(13-19)26-21-20(15-8-10-16(24)11-9-15)22(28)27(23(21)29)14-18-5-2-3-12-25-18/h2-13,26H,14H2,1H3. The molecule has 1 N–H and O–H groups in total. The number of methoxy groups -OCH3 is 1. The van der Waals surface area contributed by atoms with Gasteiger partial charge in [-0.15, -0.1) is 0 Å². The van der Waals surface area contributed by atoms with Gasteiger partial charge < -0.3 is 10.1 Å². The van der Waals surface area contributed by atoms with Gasteiger partial charge in [0.2, 0.25) is 0 Å². The third-order valence-electron chi connectivity index (χ3n) is 4.69. The molecule has 4 rings (SSSR count). The number of nitrogens with one attached hydrogen (secondary N) is 1. The largest absolute Gasteiger partial charge is 0.497 e. The van der Waals surface area contributed by atoms with Gasteiger partial charge in [0.15, 0.2) is 0 Å². The summed E-state index contributed by atoms with van der Waals surface area (Å²) in [5, 5.41) is 3.65. The van der Waals surface area contributed by atoms with Crippen molar-refractivity contribution in [2.75, 3.05) is 12.4 Å². The van der Waals surface area contributed by atoms with Crippen LogP contribution in [0.4, 0.5) is 5.69 Å². The van der Waals surface area contributed by atoms with Crippen LogP contribution in [0, 0.1) is 0 Å². The molecule has 7 heteroatoms. The first-order valence-electron chi connectivity index (χ1n) is 9.24. The minimum atomic E-state index is -0.418. The van der Waals surface area contributed by atoms with E-state index in [1.165, 1.54) is 4.90 Å². The van der Waals surface area contributed by atoms with E-state index in [-0.39, 0.29) is 17.8 Å². The maximum Gasteiger partial charge on any atom is 0.278 e. The van der Waals surface area contributed by atoms with Gasteiger partial charge in [0.25, 0.3) is 11.8 Å². The Morgan fingerprint density at radius 1 is 1.00 bits per heavy atom. The monoisotopic (exact) mass is 419 g/mol. The lowest BCUT2D eigenvalue weighted by atomic mass is 10.0. The fourth-order valence-electron chi connectivity index (χ4n) is 3.22. The molecular weight excluding hydrogens is 402 g/mol. The van der Waals surface area contributed by atoms with Gasteiger partial charge in [0.05, 0.1) is 24.9 Å². The molecule has 2 amide bonds. The van der Waals surface area contributed by atoms with E-state index in [9.17, 15) is 9.59 Å². The molecule has 0 spiro atoms. The Morgan fingerprint density at radius 2 is 1.80 bits per heavy atom. The molecule has 30 heavy (non-hydrogen) atoms.